The minimum atomic E-state index is -0.993. The second-order valence-electron chi connectivity index (χ2n) is 4.03. The number of ether oxygens (including phenoxy) is 2. The summed E-state index contributed by atoms with van der Waals surface area (Å²) in [6, 6.07) is 3.67. The van der Waals surface area contributed by atoms with Crippen LogP contribution in [0, 0.1) is 0 Å². The SMILES string of the molecule is COc1ccc(C(C)=O)c(OC(C)C(=O)NC(N)=O)c1. The minimum Gasteiger partial charge on any atom is -0.497 e. The number of primary amides is 1. The van der Waals surface area contributed by atoms with E-state index in [4.69, 9.17) is 15.2 Å². The number of ketones is 1. The number of Topliss-reactive ketones (excluding diaryl/α,β-unsaturated/α-hetero) is 1. The highest BCUT2D eigenvalue weighted by Gasteiger charge is 2.19. The van der Waals surface area contributed by atoms with Gasteiger partial charge in [0.25, 0.3) is 5.91 Å². The summed E-state index contributed by atoms with van der Waals surface area (Å²) in [6.45, 7) is 2.81. The Morgan fingerprint density at radius 2 is 1.95 bits per heavy atom. The van der Waals surface area contributed by atoms with Crippen molar-refractivity contribution in [2.75, 3.05) is 7.11 Å². The zero-order valence-electron chi connectivity index (χ0n) is 11.4. The van der Waals surface area contributed by atoms with E-state index in [1.165, 1.54) is 33.1 Å². The molecule has 7 heteroatoms. The Bertz CT molecular complexity index is 542. The molecule has 0 fully saturated rings. The lowest BCUT2D eigenvalue weighted by molar-refractivity contribution is -0.126. The fraction of sp³-hybridized carbons (Fsp3) is 0.308. The van der Waals surface area contributed by atoms with Crippen LogP contribution in [-0.2, 0) is 4.79 Å². The molecule has 3 N–H and O–H groups in total. The maximum atomic E-state index is 11.5. The molecule has 0 aromatic heterocycles. The van der Waals surface area contributed by atoms with Crippen molar-refractivity contribution < 1.29 is 23.9 Å². The molecule has 0 aliphatic carbocycles. The van der Waals surface area contributed by atoms with Gasteiger partial charge < -0.3 is 15.2 Å². The molecule has 1 atom stereocenters. The number of hydrogen-bond acceptors (Lipinski definition) is 5. The molecule has 1 rings (SSSR count). The Kier molecular flexibility index (Phi) is 5.08. The summed E-state index contributed by atoms with van der Waals surface area (Å²) in [7, 11) is 1.47. The number of hydrogen-bond donors (Lipinski definition) is 2. The molecule has 0 radical (unpaired) electrons. The lowest BCUT2D eigenvalue weighted by Crippen LogP contribution is -2.42. The highest BCUT2D eigenvalue weighted by Crippen LogP contribution is 2.26. The van der Waals surface area contributed by atoms with E-state index in [1.54, 1.807) is 6.07 Å². The van der Waals surface area contributed by atoms with Crippen LogP contribution in [0.25, 0.3) is 0 Å². The summed E-state index contributed by atoms with van der Waals surface area (Å²) in [5.74, 6) is -0.239. The Hall–Kier alpha value is -2.57. The monoisotopic (exact) mass is 280 g/mol. The van der Waals surface area contributed by atoms with Gasteiger partial charge in [-0.25, -0.2) is 4.79 Å². The van der Waals surface area contributed by atoms with E-state index in [2.05, 4.69) is 0 Å². The molecule has 3 amide bonds. The molecule has 0 saturated carbocycles. The molecule has 1 aromatic rings. The summed E-state index contributed by atoms with van der Waals surface area (Å²) < 4.78 is 10.4. The minimum absolute atomic E-state index is 0.198. The normalized spacial score (nSPS) is 11.3. The molecular weight excluding hydrogens is 264 g/mol. The summed E-state index contributed by atoms with van der Waals surface area (Å²) in [5, 5.41) is 1.90. The Balaban J connectivity index is 2.97. The summed E-state index contributed by atoms with van der Waals surface area (Å²) >= 11 is 0. The van der Waals surface area contributed by atoms with Crippen LogP contribution in [0.5, 0.6) is 11.5 Å². The second kappa shape index (κ2) is 6.55. The molecule has 108 valence electrons. The Morgan fingerprint density at radius 1 is 1.30 bits per heavy atom. The van der Waals surface area contributed by atoms with E-state index < -0.39 is 18.0 Å². The van der Waals surface area contributed by atoms with E-state index in [-0.39, 0.29) is 11.5 Å². The van der Waals surface area contributed by atoms with Crippen molar-refractivity contribution in [2.45, 2.75) is 20.0 Å². The third-order valence-electron chi connectivity index (χ3n) is 2.49. The van der Waals surface area contributed by atoms with Crippen LogP contribution in [0.3, 0.4) is 0 Å². The van der Waals surface area contributed by atoms with Gasteiger partial charge in [-0.3, -0.25) is 14.9 Å². The quantitative estimate of drug-likeness (QED) is 0.778. The molecule has 0 aliphatic rings. The van der Waals surface area contributed by atoms with Gasteiger partial charge in [-0.15, -0.1) is 0 Å². The molecule has 0 aliphatic heterocycles. The standard InChI is InChI=1S/C13H16N2O5/c1-7(16)10-5-4-9(19-3)6-11(10)20-8(2)12(17)15-13(14)18/h4-6,8H,1-3H3,(H3,14,15,17,18). The van der Waals surface area contributed by atoms with Crippen LogP contribution < -0.4 is 20.5 Å². The van der Waals surface area contributed by atoms with Crippen molar-refractivity contribution in [2.24, 2.45) is 5.73 Å². The number of urea groups is 1. The molecular formula is C13H16N2O5. The number of methoxy groups -OCH3 is 1. The molecule has 1 unspecified atom stereocenters. The van der Waals surface area contributed by atoms with Gasteiger partial charge >= 0.3 is 6.03 Å². The van der Waals surface area contributed by atoms with Crippen molar-refractivity contribution in [3.8, 4) is 11.5 Å². The molecule has 1 aromatic carbocycles. The first-order chi connectivity index (χ1) is 9.35. The smallest absolute Gasteiger partial charge is 0.318 e. The summed E-state index contributed by atoms with van der Waals surface area (Å²) in [5.41, 5.74) is 5.16. The predicted octanol–water partition coefficient (Wildman–Crippen LogP) is 0.860. The van der Waals surface area contributed by atoms with E-state index in [1.807, 2.05) is 5.32 Å². The van der Waals surface area contributed by atoms with Crippen LogP contribution in [0.1, 0.15) is 24.2 Å². The number of imide groups is 1. The number of benzene rings is 1. The largest absolute Gasteiger partial charge is 0.497 e. The molecule has 0 heterocycles. The summed E-state index contributed by atoms with van der Waals surface area (Å²) in [6.07, 6.45) is -0.993. The van der Waals surface area contributed by atoms with Gasteiger partial charge in [0.15, 0.2) is 11.9 Å². The van der Waals surface area contributed by atoms with Crippen LogP contribution in [0.15, 0.2) is 18.2 Å². The fourth-order valence-electron chi connectivity index (χ4n) is 1.49. The predicted molar refractivity (Wildman–Crippen MR) is 70.8 cm³/mol. The molecule has 20 heavy (non-hydrogen) atoms. The van der Waals surface area contributed by atoms with Gasteiger partial charge in [0.1, 0.15) is 11.5 Å². The number of amides is 3. The van der Waals surface area contributed by atoms with Crippen LogP contribution in [0.4, 0.5) is 4.79 Å². The van der Waals surface area contributed by atoms with Crippen LogP contribution >= 0.6 is 0 Å². The third-order valence-corrected chi connectivity index (χ3v) is 2.49. The Morgan fingerprint density at radius 3 is 2.45 bits per heavy atom. The number of rotatable bonds is 5. The average Bonchev–Trinajstić information content (AvgIpc) is 2.37. The first kappa shape index (κ1) is 15.5. The van der Waals surface area contributed by atoms with Gasteiger partial charge in [-0.2, -0.15) is 0 Å². The van der Waals surface area contributed by atoms with E-state index >= 15 is 0 Å². The van der Waals surface area contributed by atoms with Crippen molar-refractivity contribution in [1.82, 2.24) is 5.32 Å². The van der Waals surface area contributed by atoms with Gasteiger partial charge in [-0.1, -0.05) is 0 Å². The Labute approximate surface area is 116 Å². The summed E-state index contributed by atoms with van der Waals surface area (Å²) in [4.78, 5) is 33.6. The van der Waals surface area contributed by atoms with Crippen molar-refractivity contribution >= 4 is 17.7 Å². The molecule has 0 bridgehead atoms. The van der Waals surface area contributed by atoms with Crippen molar-refractivity contribution in [3.05, 3.63) is 23.8 Å². The van der Waals surface area contributed by atoms with Gasteiger partial charge in [0, 0.05) is 6.07 Å². The molecule has 0 spiro atoms. The van der Waals surface area contributed by atoms with Crippen LogP contribution in [0.2, 0.25) is 0 Å². The van der Waals surface area contributed by atoms with Crippen LogP contribution in [-0.4, -0.2) is 30.9 Å². The second-order valence-corrected chi connectivity index (χ2v) is 4.03. The van der Waals surface area contributed by atoms with E-state index in [0.29, 0.717) is 11.3 Å². The first-order valence-electron chi connectivity index (χ1n) is 5.81. The lowest BCUT2D eigenvalue weighted by atomic mass is 10.1. The van der Waals surface area contributed by atoms with E-state index in [9.17, 15) is 14.4 Å². The topological polar surface area (TPSA) is 108 Å². The van der Waals surface area contributed by atoms with Gasteiger partial charge in [-0.05, 0) is 26.0 Å². The zero-order chi connectivity index (χ0) is 15.3. The number of nitrogens with one attached hydrogen (secondary N) is 1. The molecule has 7 nitrogen and oxygen atoms in total. The first-order valence-corrected chi connectivity index (χ1v) is 5.81. The highest BCUT2D eigenvalue weighted by atomic mass is 16.5. The van der Waals surface area contributed by atoms with E-state index in [0.717, 1.165) is 0 Å². The van der Waals surface area contributed by atoms with Crippen molar-refractivity contribution in [3.63, 3.8) is 0 Å². The average molecular weight is 280 g/mol. The highest BCUT2D eigenvalue weighted by molar-refractivity contribution is 5.98. The van der Waals surface area contributed by atoms with Crippen molar-refractivity contribution in [1.29, 1.82) is 0 Å². The maximum Gasteiger partial charge on any atom is 0.318 e. The van der Waals surface area contributed by atoms with Gasteiger partial charge in [0.2, 0.25) is 0 Å². The maximum absolute atomic E-state index is 11.5. The number of carbonyl (C=O) groups excluding carboxylic acids is 3. The van der Waals surface area contributed by atoms with Gasteiger partial charge in [0.05, 0.1) is 12.7 Å². The third kappa shape index (κ3) is 3.98. The zero-order valence-corrected chi connectivity index (χ0v) is 11.4. The fourth-order valence-corrected chi connectivity index (χ4v) is 1.49. The lowest BCUT2D eigenvalue weighted by Gasteiger charge is -2.16. The number of carbonyl (C=O) groups is 3. The number of nitrogens with two attached hydrogens (primary N) is 1. The molecule has 0 saturated heterocycles.